The molecular weight excluding hydrogens is 128 g/mol. The molecule has 2 heteroatoms. The quantitative estimate of drug-likeness (QED) is 0.552. The highest BCUT2D eigenvalue weighted by molar-refractivity contribution is 5.04. The van der Waals surface area contributed by atoms with Crippen molar-refractivity contribution in [2.75, 3.05) is 0 Å². The van der Waals surface area contributed by atoms with Gasteiger partial charge in [0.25, 0.3) is 0 Å². The second-order valence-electron chi connectivity index (χ2n) is 2.30. The van der Waals surface area contributed by atoms with E-state index in [9.17, 15) is 0 Å². The van der Waals surface area contributed by atoms with Crippen LogP contribution in [0.2, 0.25) is 0 Å². The van der Waals surface area contributed by atoms with Crippen molar-refractivity contribution in [3.63, 3.8) is 0 Å². The normalized spacial score (nSPS) is 15.2. The first kappa shape index (κ1) is 9.48. The molecule has 0 fully saturated rings. The highest BCUT2D eigenvalue weighted by Gasteiger charge is 1.92. The Hall–Kier alpha value is -0.520. The maximum atomic E-state index is 8.92. The van der Waals surface area contributed by atoms with E-state index in [1.807, 2.05) is 6.92 Å². The fourth-order valence-corrected chi connectivity index (χ4v) is 0.427. The van der Waals surface area contributed by atoms with E-state index in [0.717, 1.165) is 0 Å². The molecule has 0 aliphatic heterocycles. The van der Waals surface area contributed by atoms with Gasteiger partial charge < -0.3 is 10.2 Å². The maximum Gasteiger partial charge on any atom is 0.114 e. The molecule has 0 amide bonds. The number of hydrogen-bond donors (Lipinski definition) is 2. The van der Waals surface area contributed by atoms with Gasteiger partial charge in [-0.3, -0.25) is 0 Å². The number of hydrogen-bond acceptors (Lipinski definition) is 2. The van der Waals surface area contributed by atoms with Gasteiger partial charge in [0, 0.05) is 6.42 Å². The zero-order valence-electron chi connectivity index (χ0n) is 6.46. The molecule has 0 aromatic rings. The Morgan fingerprint density at radius 1 is 1.40 bits per heavy atom. The fraction of sp³-hybridized carbons (Fsp3) is 0.750. The van der Waals surface area contributed by atoms with Crippen LogP contribution in [0.1, 0.15) is 26.7 Å². The summed E-state index contributed by atoms with van der Waals surface area (Å²) in [5.41, 5.74) is 0. The Bertz CT molecular complexity index is 130. The molecule has 0 aliphatic rings. The van der Waals surface area contributed by atoms with Gasteiger partial charge in [-0.1, -0.05) is 18.8 Å². The van der Waals surface area contributed by atoms with Gasteiger partial charge in [0.2, 0.25) is 0 Å². The van der Waals surface area contributed by atoms with Crippen LogP contribution in [0.3, 0.4) is 0 Å². The van der Waals surface area contributed by atoms with Gasteiger partial charge >= 0.3 is 0 Å². The topological polar surface area (TPSA) is 40.5 Å². The molecule has 2 N–H and O–H groups in total. The van der Waals surface area contributed by atoms with Crippen molar-refractivity contribution in [1.29, 1.82) is 0 Å². The van der Waals surface area contributed by atoms with Crippen LogP contribution in [-0.4, -0.2) is 22.4 Å². The van der Waals surface area contributed by atoms with Gasteiger partial charge in [-0.05, 0) is 13.3 Å². The molecule has 2 unspecified atom stereocenters. The van der Waals surface area contributed by atoms with Crippen molar-refractivity contribution in [2.24, 2.45) is 0 Å². The monoisotopic (exact) mass is 142 g/mol. The van der Waals surface area contributed by atoms with Crippen LogP contribution >= 0.6 is 0 Å². The first-order valence-corrected chi connectivity index (χ1v) is 3.51. The Kier molecular flexibility index (Phi) is 5.00. The molecule has 0 aromatic carbocycles. The molecule has 0 saturated heterocycles. The minimum absolute atomic E-state index is 0.392. The van der Waals surface area contributed by atoms with Crippen molar-refractivity contribution in [3.05, 3.63) is 0 Å². The van der Waals surface area contributed by atoms with Gasteiger partial charge in [0.05, 0.1) is 6.10 Å². The molecule has 10 heavy (non-hydrogen) atoms. The molecule has 0 aliphatic carbocycles. The van der Waals surface area contributed by atoms with Crippen molar-refractivity contribution in [3.8, 4) is 11.8 Å². The molecule has 0 aromatic heterocycles. The van der Waals surface area contributed by atoms with Crippen LogP contribution in [0.25, 0.3) is 0 Å². The number of rotatable bonds is 2. The zero-order valence-corrected chi connectivity index (χ0v) is 6.46. The SMILES string of the molecule is CCC(O)C#CCC(C)O. The standard InChI is InChI=1S/C8H14O2/c1-3-8(10)6-4-5-7(2)9/h7-10H,3,5H2,1-2H3. The second-order valence-corrected chi connectivity index (χ2v) is 2.30. The Morgan fingerprint density at radius 2 is 2.00 bits per heavy atom. The zero-order chi connectivity index (χ0) is 7.98. The highest BCUT2D eigenvalue weighted by atomic mass is 16.3. The molecule has 0 radical (unpaired) electrons. The maximum absolute atomic E-state index is 8.92. The molecule has 58 valence electrons. The van der Waals surface area contributed by atoms with Crippen LogP contribution in [0.4, 0.5) is 0 Å². The average molecular weight is 142 g/mol. The van der Waals surface area contributed by atoms with Gasteiger partial charge in [-0.25, -0.2) is 0 Å². The van der Waals surface area contributed by atoms with Gasteiger partial charge in [-0.15, -0.1) is 0 Å². The van der Waals surface area contributed by atoms with Crippen molar-refractivity contribution in [2.45, 2.75) is 38.9 Å². The van der Waals surface area contributed by atoms with Gasteiger partial charge in [-0.2, -0.15) is 0 Å². The Morgan fingerprint density at radius 3 is 2.40 bits per heavy atom. The van der Waals surface area contributed by atoms with E-state index < -0.39 is 12.2 Å². The second kappa shape index (κ2) is 5.28. The summed E-state index contributed by atoms with van der Waals surface area (Å²) in [5, 5.41) is 17.7. The summed E-state index contributed by atoms with van der Waals surface area (Å²) in [5.74, 6) is 5.29. The highest BCUT2D eigenvalue weighted by Crippen LogP contribution is 1.89. The largest absolute Gasteiger partial charge is 0.392 e. The van der Waals surface area contributed by atoms with Crippen LogP contribution in [0.5, 0.6) is 0 Å². The molecular formula is C8H14O2. The third-order valence-corrected chi connectivity index (χ3v) is 1.05. The predicted molar refractivity (Wildman–Crippen MR) is 40.4 cm³/mol. The van der Waals surface area contributed by atoms with Crippen molar-refractivity contribution in [1.82, 2.24) is 0 Å². The van der Waals surface area contributed by atoms with Crippen LogP contribution in [0.15, 0.2) is 0 Å². The minimum atomic E-state index is -0.529. The van der Waals surface area contributed by atoms with Crippen LogP contribution < -0.4 is 0 Å². The minimum Gasteiger partial charge on any atom is -0.392 e. The van der Waals surface area contributed by atoms with Gasteiger partial charge in [0.1, 0.15) is 6.10 Å². The summed E-state index contributed by atoms with van der Waals surface area (Å²) in [6.45, 7) is 3.54. The lowest BCUT2D eigenvalue weighted by Crippen LogP contribution is -2.01. The lowest BCUT2D eigenvalue weighted by molar-refractivity contribution is 0.200. The Balaban J connectivity index is 3.48. The average Bonchev–Trinajstić information content (AvgIpc) is 1.87. The Labute approximate surface area is 61.9 Å². The summed E-state index contributed by atoms with van der Waals surface area (Å²) in [4.78, 5) is 0. The summed E-state index contributed by atoms with van der Waals surface area (Å²) in [6, 6.07) is 0. The lowest BCUT2D eigenvalue weighted by atomic mass is 10.2. The first-order valence-electron chi connectivity index (χ1n) is 3.51. The fourth-order valence-electron chi connectivity index (χ4n) is 0.427. The summed E-state index contributed by atoms with van der Waals surface area (Å²) in [7, 11) is 0. The molecule has 0 heterocycles. The molecule has 2 atom stereocenters. The van der Waals surface area contributed by atoms with Crippen molar-refractivity contribution < 1.29 is 10.2 Å². The molecule has 0 spiro atoms. The van der Waals surface area contributed by atoms with E-state index in [1.54, 1.807) is 6.92 Å². The third-order valence-electron chi connectivity index (χ3n) is 1.05. The molecule has 0 rings (SSSR count). The first-order chi connectivity index (χ1) is 4.66. The summed E-state index contributed by atoms with van der Waals surface area (Å²) in [6.07, 6.45) is 0.166. The van der Waals surface area contributed by atoms with Crippen LogP contribution in [0, 0.1) is 11.8 Å². The molecule has 2 nitrogen and oxygen atoms in total. The lowest BCUT2D eigenvalue weighted by Gasteiger charge is -1.96. The number of aliphatic hydroxyl groups is 2. The van der Waals surface area contributed by atoms with Crippen molar-refractivity contribution >= 4 is 0 Å². The molecule has 0 bridgehead atoms. The van der Waals surface area contributed by atoms with Gasteiger partial charge in [0.15, 0.2) is 0 Å². The number of aliphatic hydroxyl groups excluding tert-OH is 2. The smallest absolute Gasteiger partial charge is 0.114 e. The van der Waals surface area contributed by atoms with E-state index in [1.165, 1.54) is 0 Å². The summed E-state index contributed by atoms with van der Waals surface area (Å²) < 4.78 is 0. The van der Waals surface area contributed by atoms with E-state index in [2.05, 4.69) is 11.8 Å². The summed E-state index contributed by atoms with van der Waals surface area (Å²) >= 11 is 0. The van der Waals surface area contributed by atoms with E-state index in [-0.39, 0.29) is 0 Å². The van der Waals surface area contributed by atoms with E-state index >= 15 is 0 Å². The van der Waals surface area contributed by atoms with E-state index in [0.29, 0.717) is 12.8 Å². The predicted octanol–water partition coefficient (Wildman–Crippen LogP) is 0.532. The third kappa shape index (κ3) is 5.61. The van der Waals surface area contributed by atoms with Crippen LogP contribution in [-0.2, 0) is 0 Å². The molecule has 0 saturated carbocycles. The van der Waals surface area contributed by atoms with E-state index in [4.69, 9.17) is 10.2 Å².